The molecule has 0 aromatic carbocycles. The molecular weight excluding hydrogens is 374 g/mol. The maximum Gasteiger partial charge on any atom is 0.119 e. The zero-order valence-electron chi connectivity index (χ0n) is 19.1. The minimum absolute atomic E-state index is 0.189. The third kappa shape index (κ3) is 4.96. The van der Waals surface area contributed by atoms with Crippen LogP contribution in [0.2, 0.25) is 0 Å². The summed E-state index contributed by atoms with van der Waals surface area (Å²) in [6.45, 7) is 10.7. The van der Waals surface area contributed by atoms with Gasteiger partial charge in [-0.3, -0.25) is 0 Å². The SMILES string of the molecule is C=C1[C@H](O)C/C(=C\C=C2/CCC[C@]3(C)C([C@H](C)CCC[C@H](C)O)CC[C@@H]23)C[C@H]1N=O. The van der Waals surface area contributed by atoms with Gasteiger partial charge in [-0.15, -0.1) is 0 Å². The summed E-state index contributed by atoms with van der Waals surface area (Å²) in [5, 5.41) is 22.9. The molecule has 168 valence electrons. The Labute approximate surface area is 182 Å². The molecule has 0 bridgehead atoms. The fraction of sp³-hybridized carbons (Fsp3) is 0.769. The lowest BCUT2D eigenvalue weighted by atomic mass is 9.60. The van der Waals surface area contributed by atoms with Crippen LogP contribution < -0.4 is 0 Å². The van der Waals surface area contributed by atoms with Crippen molar-refractivity contribution in [2.24, 2.45) is 28.3 Å². The Morgan fingerprint density at radius 1 is 1.23 bits per heavy atom. The Hall–Kier alpha value is -1.26. The molecule has 4 heteroatoms. The quantitative estimate of drug-likeness (QED) is 0.390. The molecule has 3 aliphatic rings. The fourth-order valence-corrected chi connectivity index (χ4v) is 6.68. The first-order valence-corrected chi connectivity index (χ1v) is 12.0. The number of aliphatic hydroxyl groups is 2. The first-order valence-electron chi connectivity index (χ1n) is 12.0. The first-order chi connectivity index (χ1) is 14.3. The van der Waals surface area contributed by atoms with E-state index in [2.05, 4.69) is 37.8 Å². The van der Waals surface area contributed by atoms with Crippen molar-refractivity contribution in [2.75, 3.05) is 0 Å². The van der Waals surface area contributed by atoms with Crippen LogP contribution in [0.3, 0.4) is 0 Å². The van der Waals surface area contributed by atoms with Crippen molar-refractivity contribution in [1.82, 2.24) is 0 Å². The number of hydrogen-bond donors (Lipinski definition) is 2. The summed E-state index contributed by atoms with van der Waals surface area (Å²) in [5.74, 6) is 2.11. The molecule has 1 unspecified atom stereocenters. The first kappa shape index (κ1) is 23.4. The Morgan fingerprint density at radius 2 is 2.00 bits per heavy atom. The monoisotopic (exact) mass is 415 g/mol. The largest absolute Gasteiger partial charge is 0.393 e. The van der Waals surface area contributed by atoms with Gasteiger partial charge in [0.2, 0.25) is 0 Å². The van der Waals surface area contributed by atoms with Crippen LogP contribution in [0.5, 0.6) is 0 Å². The number of nitrogens with zero attached hydrogens (tertiary/aromatic N) is 1. The zero-order valence-corrected chi connectivity index (χ0v) is 19.1. The van der Waals surface area contributed by atoms with E-state index in [-0.39, 0.29) is 6.10 Å². The second-order valence-corrected chi connectivity index (χ2v) is 10.5. The molecule has 0 radical (unpaired) electrons. The highest BCUT2D eigenvalue weighted by Gasteiger charge is 2.50. The predicted molar refractivity (Wildman–Crippen MR) is 123 cm³/mol. The van der Waals surface area contributed by atoms with Crippen LogP contribution in [0.1, 0.15) is 85.0 Å². The predicted octanol–water partition coefficient (Wildman–Crippen LogP) is 6.09. The normalized spacial score (nSPS) is 39.2. The molecule has 0 aromatic rings. The van der Waals surface area contributed by atoms with Crippen molar-refractivity contribution in [2.45, 2.75) is 103 Å². The Morgan fingerprint density at radius 3 is 2.70 bits per heavy atom. The summed E-state index contributed by atoms with van der Waals surface area (Å²) < 4.78 is 0. The van der Waals surface area contributed by atoms with Crippen molar-refractivity contribution < 1.29 is 10.2 Å². The molecule has 0 amide bonds. The van der Waals surface area contributed by atoms with Crippen LogP contribution in [0.15, 0.2) is 40.6 Å². The third-order valence-corrected chi connectivity index (χ3v) is 8.43. The third-order valence-electron chi connectivity index (χ3n) is 8.43. The smallest absolute Gasteiger partial charge is 0.119 e. The Kier molecular flexibility index (Phi) is 7.73. The van der Waals surface area contributed by atoms with E-state index < -0.39 is 12.1 Å². The number of aliphatic hydroxyl groups excluding tert-OH is 2. The lowest BCUT2D eigenvalue weighted by Gasteiger charge is -2.44. The molecule has 3 saturated carbocycles. The number of fused-ring (bicyclic) bond motifs is 1. The fourth-order valence-electron chi connectivity index (χ4n) is 6.68. The van der Waals surface area contributed by atoms with Gasteiger partial charge in [-0.1, -0.05) is 61.7 Å². The van der Waals surface area contributed by atoms with E-state index in [9.17, 15) is 15.1 Å². The summed E-state index contributed by atoms with van der Waals surface area (Å²) in [6, 6.07) is -0.492. The molecule has 0 spiro atoms. The molecule has 0 heterocycles. The molecule has 7 atom stereocenters. The number of hydrogen-bond acceptors (Lipinski definition) is 4. The van der Waals surface area contributed by atoms with E-state index in [1.165, 1.54) is 32.1 Å². The molecular formula is C26H41NO3. The molecule has 0 aromatic heterocycles. The summed E-state index contributed by atoms with van der Waals surface area (Å²) in [7, 11) is 0. The summed E-state index contributed by atoms with van der Waals surface area (Å²) in [6.07, 6.45) is 14.3. The van der Waals surface area contributed by atoms with Crippen molar-refractivity contribution in [3.63, 3.8) is 0 Å². The summed E-state index contributed by atoms with van der Waals surface area (Å²) in [4.78, 5) is 11.1. The van der Waals surface area contributed by atoms with Crippen LogP contribution in [0.25, 0.3) is 0 Å². The van der Waals surface area contributed by atoms with Gasteiger partial charge in [-0.25, -0.2) is 0 Å². The minimum Gasteiger partial charge on any atom is -0.393 e. The van der Waals surface area contributed by atoms with Crippen LogP contribution in [-0.2, 0) is 0 Å². The van der Waals surface area contributed by atoms with Gasteiger partial charge in [0.15, 0.2) is 0 Å². The lowest BCUT2D eigenvalue weighted by Crippen LogP contribution is -2.36. The van der Waals surface area contributed by atoms with Gasteiger partial charge in [-0.2, -0.15) is 4.91 Å². The van der Waals surface area contributed by atoms with Crippen LogP contribution in [-0.4, -0.2) is 28.5 Å². The zero-order chi connectivity index (χ0) is 21.9. The average molecular weight is 416 g/mol. The lowest BCUT2D eigenvalue weighted by molar-refractivity contribution is 0.0907. The standard InChI is InChI=1S/C26H41NO3/c1-17(7-5-8-18(2)28)22-12-13-23-21(9-6-14-26(22,23)4)11-10-20-15-24(27-30)19(3)25(29)16-20/h10-11,17-18,22-25,28-29H,3,5-9,12-16H2,1-2,4H3/b20-10-,21-11+/t17-,18+,22?,23+,24-,25-,26-/m1/s1. The van der Waals surface area contributed by atoms with Gasteiger partial charge in [0.1, 0.15) is 6.04 Å². The molecule has 30 heavy (non-hydrogen) atoms. The number of nitroso groups, excluding NO2 is 1. The molecule has 4 nitrogen and oxygen atoms in total. The van der Waals surface area contributed by atoms with E-state index >= 15 is 0 Å². The Balaban J connectivity index is 1.70. The van der Waals surface area contributed by atoms with Gasteiger partial charge >= 0.3 is 0 Å². The van der Waals surface area contributed by atoms with Crippen molar-refractivity contribution in [1.29, 1.82) is 0 Å². The van der Waals surface area contributed by atoms with E-state index in [1.807, 2.05) is 6.92 Å². The average Bonchev–Trinajstić information content (AvgIpc) is 3.06. The van der Waals surface area contributed by atoms with Crippen LogP contribution in [0, 0.1) is 28.1 Å². The second kappa shape index (κ2) is 9.91. The van der Waals surface area contributed by atoms with Gasteiger partial charge in [0, 0.05) is 0 Å². The summed E-state index contributed by atoms with van der Waals surface area (Å²) in [5.41, 5.74) is 3.60. The van der Waals surface area contributed by atoms with Crippen molar-refractivity contribution in [3.8, 4) is 0 Å². The second-order valence-electron chi connectivity index (χ2n) is 10.5. The maximum atomic E-state index is 11.1. The highest BCUT2D eigenvalue weighted by atomic mass is 16.3. The van der Waals surface area contributed by atoms with Crippen molar-refractivity contribution >= 4 is 0 Å². The van der Waals surface area contributed by atoms with Gasteiger partial charge < -0.3 is 10.2 Å². The molecule has 0 aliphatic heterocycles. The van der Waals surface area contributed by atoms with Gasteiger partial charge in [-0.05, 0) is 87.0 Å². The number of rotatable bonds is 7. The highest BCUT2D eigenvalue weighted by Crippen LogP contribution is 2.59. The summed E-state index contributed by atoms with van der Waals surface area (Å²) >= 11 is 0. The molecule has 2 N–H and O–H groups in total. The van der Waals surface area contributed by atoms with Crippen LogP contribution >= 0.6 is 0 Å². The molecule has 0 saturated heterocycles. The minimum atomic E-state index is -0.652. The molecule has 3 aliphatic carbocycles. The highest BCUT2D eigenvalue weighted by molar-refractivity contribution is 5.30. The van der Waals surface area contributed by atoms with Crippen molar-refractivity contribution in [3.05, 3.63) is 40.4 Å². The van der Waals surface area contributed by atoms with E-state index in [1.54, 1.807) is 5.57 Å². The van der Waals surface area contributed by atoms with Gasteiger partial charge in [0.05, 0.1) is 12.2 Å². The maximum absolute atomic E-state index is 11.1. The van der Waals surface area contributed by atoms with Crippen LogP contribution in [0.4, 0.5) is 0 Å². The van der Waals surface area contributed by atoms with E-state index in [0.717, 1.165) is 30.8 Å². The van der Waals surface area contributed by atoms with E-state index in [4.69, 9.17) is 0 Å². The molecule has 3 fully saturated rings. The van der Waals surface area contributed by atoms with E-state index in [0.29, 0.717) is 35.7 Å². The molecule has 3 rings (SSSR count). The Bertz CT molecular complexity index is 694. The topological polar surface area (TPSA) is 69.9 Å². The number of allylic oxidation sites excluding steroid dienone is 3. The van der Waals surface area contributed by atoms with Gasteiger partial charge in [0.25, 0.3) is 0 Å².